The average Bonchev–Trinajstić information content (AvgIpc) is 2.85. The number of fused-ring (bicyclic) bond motifs is 1. The molecule has 0 radical (unpaired) electrons. The van der Waals surface area contributed by atoms with Gasteiger partial charge in [-0.2, -0.15) is 9.78 Å². The number of ether oxygens (including phenoxy) is 2. The van der Waals surface area contributed by atoms with Crippen LogP contribution in [0.25, 0.3) is 10.9 Å². The Kier molecular flexibility index (Phi) is 8.38. The number of carbonyl (C=O) groups is 1. The van der Waals surface area contributed by atoms with E-state index in [0.717, 1.165) is 34.6 Å². The highest BCUT2D eigenvalue weighted by Crippen LogP contribution is 2.32. The molecule has 1 aromatic heterocycles. The SMILES string of the molecule is CCOC(=O)[C@H](C)Oc1ccc(Br)cc1C=Nn1c(C2CCCCC2)nc2ccc(Br)cc2c1=O. The second-order valence-electron chi connectivity index (χ2n) is 8.52. The second-order valence-corrected chi connectivity index (χ2v) is 10.4. The number of hydrogen-bond acceptors (Lipinski definition) is 6. The molecule has 1 aliphatic carbocycles. The fraction of sp³-hybridized carbons (Fsp3) is 0.385. The molecule has 35 heavy (non-hydrogen) atoms. The molecule has 1 saturated carbocycles. The standard InChI is InChI=1S/C26H27Br2N3O4/c1-3-34-26(33)16(2)35-23-12-10-19(27)13-18(23)15-29-31-24(17-7-5-4-6-8-17)30-22-11-9-20(28)14-21(22)25(31)32/h9-17H,3-8H2,1-2H3/t16-/m0/s1. The second kappa shape index (κ2) is 11.5. The molecular formula is C26H27Br2N3O4. The molecule has 1 fully saturated rings. The summed E-state index contributed by atoms with van der Waals surface area (Å²) in [7, 11) is 0. The summed E-state index contributed by atoms with van der Waals surface area (Å²) in [6.45, 7) is 3.66. The Morgan fingerprint density at radius 2 is 1.89 bits per heavy atom. The first-order valence-electron chi connectivity index (χ1n) is 11.8. The molecule has 0 spiro atoms. The number of aromatic nitrogens is 2. The molecule has 1 heterocycles. The van der Waals surface area contributed by atoms with Gasteiger partial charge in [0.15, 0.2) is 6.10 Å². The number of halogens is 2. The molecule has 9 heteroatoms. The molecule has 1 atom stereocenters. The van der Waals surface area contributed by atoms with Crippen LogP contribution in [0.4, 0.5) is 0 Å². The minimum atomic E-state index is -0.788. The van der Waals surface area contributed by atoms with E-state index in [-0.39, 0.29) is 18.1 Å². The van der Waals surface area contributed by atoms with E-state index in [1.807, 2.05) is 24.3 Å². The van der Waals surface area contributed by atoms with E-state index in [4.69, 9.17) is 14.5 Å². The molecular weight excluding hydrogens is 578 g/mol. The Hall–Kier alpha value is -2.52. The molecule has 2 aromatic carbocycles. The maximum atomic E-state index is 13.5. The van der Waals surface area contributed by atoms with Crippen LogP contribution in [0.1, 0.15) is 63.3 Å². The van der Waals surface area contributed by atoms with Crippen molar-refractivity contribution in [1.29, 1.82) is 0 Å². The lowest BCUT2D eigenvalue weighted by molar-refractivity contribution is -0.150. The lowest BCUT2D eigenvalue weighted by Crippen LogP contribution is -2.26. The molecule has 4 rings (SSSR count). The molecule has 0 saturated heterocycles. The summed E-state index contributed by atoms with van der Waals surface area (Å²) in [5.41, 5.74) is 1.07. The van der Waals surface area contributed by atoms with Crippen molar-refractivity contribution in [3.63, 3.8) is 0 Å². The summed E-state index contributed by atoms with van der Waals surface area (Å²) in [4.78, 5) is 30.5. The molecule has 0 unspecified atom stereocenters. The number of carbonyl (C=O) groups excluding carboxylic acids is 1. The quantitative estimate of drug-likeness (QED) is 0.237. The highest BCUT2D eigenvalue weighted by Gasteiger charge is 2.23. The minimum absolute atomic E-state index is 0.170. The third-order valence-corrected chi connectivity index (χ3v) is 7.00. The fourth-order valence-corrected chi connectivity index (χ4v) is 4.99. The number of hydrogen-bond donors (Lipinski definition) is 0. The number of esters is 1. The molecule has 7 nitrogen and oxygen atoms in total. The molecule has 0 aliphatic heterocycles. The zero-order valence-electron chi connectivity index (χ0n) is 19.7. The lowest BCUT2D eigenvalue weighted by atomic mass is 9.88. The third kappa shape index (κ3) is 6.01. The summed E-state index contributed by atoms with van der Waals surface area (Å²) >= 11 is 6.93. The smallest absolute Gasteiger partial charge is 0.347 e. The van der Waals surface area contributed by atoms with E-state index in [1.165, 1.54) is 11.1 Å². The van der Waals surface area contributed by atoms with Crippen molar-refractivity contribution in [2.45, 2.75) is 58.0 Å². The Morgan fingerprint density at radius 3 is 2.63 bits per heavy atom. The van der Waals surface area contributed by atoms with Crippen molar-refractivity contribution < 1.29 is 14.3 Å². The summed E-state index contributed by atoms with van der Waals surface area (Å²) < 4.78 is 14.0. The summed E-state index contributed by atoms with van der Waals surface area (Å²) in [5.74, 6) is 0.863. The van der Waals surface area contributed by atoms with Crippen LogP contribution in [0, 0.1) is 0 Å². The summed E-state index contributed by atoms with van der Waals surface area (Å²) in [6.07, 6.45) is 6.16. The van der Waals surface area contributed by atoms with E-state index in [0.29, 0.717) is 28.0 Å². The molecule has 184 valence electrons. The van der Waals surface area contributed by atoms with Crippen LogP contribution in [-0.4, -0.2) is 34.6 Å². The zero-order valence-corrected chi connectivity index (χ0v) is 22.8. The summed E-state index contributed by atoms with van der Waals surface area (Å²) in [5, 5.41) is 5.10. The largest absolute Gasteiger partial charge is 0.478 e. The Morgan fingerprint density at radius 1 is 1.17 bits per heavy atom. The van der Waals surface area contributed by atoms with E-state index in [1.54, 1.807) is 32.2 Å². The van der Waals surface area contributed by atoms with Gasteiger partial charge < -0.3 is 9.47 Å². The molecule has 1 aliphatic rings. The molecule has 3 aromatic rings. The van der Waals surface area contributed by atoms with Gasteiger partial charge in [0.05, 0.1) is 23.7 Å². The van der Waals surface area contributed by atoms with Gasteiger partial charge in [0.1, 0.15) is 11.6 Å². The normalized spacial score (nSPS) is 15.4. The maximum absolute atomic E-state index is 13.5. The third-order valence-electron chi connectivity index (χ3n) is 6.01. The Balaban J connectivity index is 1.77. The van der Waals surface area contributed by atoms with Crippen LogP contribution in [0.15, 0.2) is 55.2 Å². The minimum Gasteiger partial charge on any atom is -0.478 e. The molecule has 0 N–H and O–H groups in total. The summed E-state index contributed by atoms with van der Waals surface area (Å²) in [6, 6.07) is 10.9. The Bertz CT molecular complexity index is 1320. The van der Waals surface area contributed by atoms with Crippen molar-refractivity contribution >= 4 is 54.9 Å². The van der Waals surface area contributed by atoms with Crippen LogP contribution < -0.4 is 10.3 Å². The van der Waals surface area contributed by atoms with Gasteiger partial charge in [-0.05, 0) is 63.1 Å². The van der Waals surface area contributed by atoms with Gasteiger partial charge >= 0.3 is 5.97 Å². The van der Waals surface area contributed by atoms with E-state index >= 15 is 0 Å². The average molecular weight is 605 g/mol. The van der Waals surface area contributed by atoms with Crippen LogP contribution >= 0.6 is 31.9 Å². The van der Waals surface area contributed by atoms with Gasteiger partial charge in [0.25, 0.3) is 5.56 Å². The van der Waals surface area contributed by atoms with Gasteiger partial charge in [-0.1, -0.05) is 51.1 Å². The number of nitrogens with zero attached hydrogens (tertiary/aromatic N) is 3. The predicted molar refractivity (Wildman–Crippen MR) is 143 cm³/mol. The number of rotatable bonds is 7. The van der Waals surface area contributed by atoms with Crippen molar-refractivity contribution in [2.24, 2.45) is 5.10 Å². The van der Waals surface area contributed by atoms with Crippen molar-refractivity contribution in [1.82, 2.24) is 9.66 Å². The van der Waals surface area contributed by atoms with Crippen molar-refractivity contribution in [3.05, 3.63) is 67.1 Å². The number of benzene rings is 2. The van der Waals surface area contributed by atoms with Gasteiger partial charge in [-0.3, -0.25) is 4.79 Å². The first-order valence-corrected chi connectivity index (χ1v) is 13.4. The Labute approximate surface area is 220 Å². The zero-order chi connectivity index (χ0) is 24.9. The molecule has 0 amide bonds. The highest BCUT2D eigenvalue weighted by molar-refractivity contribution is 9.10. The monoisotopic (exact) mass is 603 g/mol. The topological polar surface area (TPSA) is 82.8 Å². The first kappa shape index (κ1) is 25.6. The van der Waals surface area contributed by atoms with Crippen LogP contribution in [0.2, 0.25) is 0 Å². The van der Waals surface area contributed by atoms with Gasteiger partial charge in [0.2, 0.25) is 0 Å². The van der Waals surface area contributed by atoms with Gasteiger partial charge in [0, 0.05) is 20.4 Å². The van der Waals surface area contributed by atoms with E-state index < -0.39 is 12.1 Å². The van der Waals surface area contributed by atoms with Crippen LogP contribution in [0.5, 0.6) is 5.75 Å². The maximum Gasteiger partial charge on any atom is 0.347 e. The first-order chi connectivity index (χ1) is 16.9. The van der Waals surface area contributed by atoms with Gasteiger partial charge in [-0.15, -0.1) is 0 Å². The highest BCUT2D eigenvalue weighted by atomic mass is 79.9. The van der Waals surface area contributed by atoms with Crippen LogP contribution in [-0.2, 0) is 9.53 Å². The predicted octanol–water partition coefficient (Wildman–Crippen LogP) is 6.18. The van der Waals surface area contributed by atoms with E-state index in [2.05, 4.69) is 37.0 Å². The van der Waals surface area contributed by atoms with Crippen molar-refractivity contribution in [3.8, 4) is 5.75 Å². The van der Waals surface area contributed by atoms with Gasteiger partial charge in [-0.25, -0.2) is 9.78 Å². The fourth-order valence-electron chi connectivity index (χ4n) is 4.25. The van der Waals surface area contributed by atoms with Crippen molar-refractivity contribution in [2.75, 3.05) is 6.61 Å². The molecule has 0 bridgehead atoms. The lowest BCUT2D eigenvalue weighted by Gasteiger charge is -2.23. The van der Waals surface area contributed by atoms with E-state index in [9.17, 15) is 9.59 Å². The van der Waals surface area contributed by atoms with Crippen LogP contribution in [0.3, 0.4) is 0 Å².